The molecule has 0 N–H and O–H groups in total. The lowest BCUT2D eigenvalue weighted by Gasteiger charge is -2.26. The van der Waals surface area contributed by atoms with E-state index < -0.39 is 0 Å². The molecule has 2 heterocycles. The number of aromatic nitrogens is 1. The quantitative estimate of drug-likeness (QED) is 0.573. The Labute approximate surface area is 181 Å². The predicted molar refractivity (Wildman–Crippen MR) is 122 cm³/mol. The van der Waals surface area contributed by atoms with E-state index in [2.05, 4.69) is 29.2 Å². The van der Waals surface area contributed by atoms with E-state index in [0.717, 1.165) is 54.8 Å². The number of nitrogens with zero attached hydrogens (tertiary/aromatic N) is 3. The van der Waals surface area contributed by atoms with Crippen LogP contribution in [0, 0.1) is 0 Å². The number of hydrogen-bond donors (Lipinski definition) is 0. The van der Waals surface area contributed by atoms with Gasteiger partial charge in [0.25, 0.3) is 0 Å². The van der Waals surface area contributed by atoms with Crippen molar-refractivity contribution in [3.8, 4) is 10.6 Å². The molecule has 2 aromatic carbocycles. The highest BCUT2D eigenvalue weighted by molar-refractivity contribution is 7.13. The minimum Gasteiger partial charge on any atom is -0.379 e. The third-order valence-corrected chi connectivity index (χ3v) is 6.19. The lowest BCUT2D eigenvalue weighted by molar-refractivity contribution is -0.118. The van der Waals surface area contributed by atoms with E-state index in [1.165, 1.54) is 5.56 Å². The third-order valence-electron chi connectivity index (χ3n) is 5.25. The number of anilines is 1. The highest BCUT2D eigenvalue weighted by atomic mass is 32.1. The van der Waals surface area contributed by atoms with Crippen LogP contribution in [0.1, 0.15) is 18.2 Å². The molecule has 0 radical (unpaired) electrons. The first-order valence-electron chi connectivity index (χ1n) is 10.4. The fraction of sp³-hybridized carbons (Fsp3) is 0.333. The van der Waals surface area contributed by atoms with Crippen molar-refractivity contribution in [2.45, 2.75) is 19.9 Å². The molecule has 3 aromatic rings. The zero-order valence-corrected chi connectivity index (χ0v) is 18.1. The van der Waals surface area contributed by atoms with E-state index >= 15 is 0 Å². The van der Waals surface area contributed by atoms with Crippen LogP contribution in [0.2, 0.25) is 0 Å². The molecule has 1 saturated heterocycles. The molecule has 4 rings (SSSR count). The van der Waals surface area contributed by atoms with Crippen LogP contribution in [0.3, 0.4) is 0 Å². The maximum atomic E-state index is 12.8. The van der Waals surface area contributed by atoms with Crippen molar-refractivity contribution in [3.63, 3.8) is 0 Å². The maximum Gasteiger partial charge on any atom is 0.233 e. The number of hydrogen-bond acceptors (Lipinski definition) is 5. The average molecular weight is 422 g/mol. The SMILES string of the molecule is CCN(C(=O)Cc1csc(-c2cccc(CN3CCOCC3)c2)n1)c1ccccc1. The van der Waals surface area contributed by atoms with Crippen LogP contribution >= 0.6 is 11.3 Å². The lowest BCUT2D eigenvalue weighted by Crippen LogP contribution is -2.35. The molecule has 5 nitrogen and oxygen atoms in total. The molecule has 1 amide bonds. The molecule has 0 atom stereocenters. The van der Waals surface area contributed by atoms with Crippen LogP contribution in [0.5, 0.6) is 0 Å². The minimum absolute atomic E-state index is 0.0709. The summed E-state index contributed by atoms with van der Waals surface area (Å²) in [6, 6.07) is 18.4. The topological polar surface area (TPSA) is 45.7 Å². The molecule has 6 heteroatoms. The van der Waals surface area contributed by atoms with Gasteiger partial charge in [-0.05, 0) is 30.7 Å². The smallest absolute Gasteiger partial charge is 0.233 e. The molecular weight excluding hydrogens is 394 g/mol. The molecule has 0 spiro atoms. The molecule has 0 aliphatic carbocycles. The summed E-state index contributed by atoms with van der Waals surface area (Å²) in [5, 5.41) is 2.96. The summed E-state index contributed by atoms with van der Waals surface area (Å²) in [6.45, 7) is 7.13. The fourth-order valence-corrected chi connectivity index (χ4v) is 4.52. The number of carbonyl (C=O) groups excluding carboxylic acids is 1. The fourth-order valence-electron chi connectivity index (χ4n) is 3.70. The highest BCUT2D eigenvalue weighted by Gasteiger charge is 2.17. The van der Waals surface area contributed by atoms with Gasteiger partial charge in [-0.2, -0.15) is 0 Å². The van der Waals surface area contributed by atoms with Crippen LogP contribution < -0.4 is 4.90 Å². The largest absolute Gasteiger partial charge is 0.379 e. The molecule has 156 valence electrons. The van der Waals surface area contributed by atoms with Gasteiger partial charge in [-0.1, -0.05) is 36.4 Å². The van der Waals surface area contributed by atoms with Gasteiger partial charge in [0.2, 0.25) is 5.91 Å². The zero-order valence-electron chi connectivity index (χ0n) is 17.3. The van der Waals surface area contributed by atoms with Gasteiger partial charge < -0.3 is 9.64 Å². The molecule has 0 bridgehead atoms. The molecule has 30 heavy (non-hydrogen) atoms. The predicted octanol–water partition coefficient (Wildman–Crippen LogP) is 4.24. The van der Waals surface area contributed by atoms with Crippen LogP contribution in [-0.4, -0.2) is 48.6 Å². The second-order valence-corrected chi connectivity index (χ2v) is 8.24. The Morgan fingerprint density at radius 1 is 1.13 bits per heavy atom. The van der Waals surface area contributed by atoms with Crippen LogP contribution in [-0.2, 0) is 22.5 Å². The van der Waals surface area contributed by atoms with E-state index in [1.807, 2.05) is 47.5 Å². The Morgan fingerprint density at radius 2 is 1.93 bits per heavy atom. The van der Waals surface area contributed by atoms with E-state index in [1.54, 1.807) is 11.3 Å². The summed E-state index contributed by atoms with van der Waals surface area (Å²) >= 11 is 1.60. The van der Waals surface area contributed by atoms with Crippen LogP contribution in [0.4, 0.5) is 5.69 Å². The Kier molecular flexibility index (Phi) is 6.89. The van der Waals surface area contributed by atoms with Crippen LogP contribution in [0.15, 0.2) is 60.0 Å². The molecule has 1 aliphatic rings. The summed E-state index contributed by atoms with van der Waals surface area (Å²) in [7, 11) is 0. The van der Waals surface area contributed by atoms with Crippen molar-refractivity contribution in [2.75, 3.05) is 37.7 Å². The first kappa shape index (κ1) is 20.7. The number of benzene rings is 2. The van der Waals surface area contributed by atoms with Crippen LogP contribution in [0.25, 0.3) is 10.6 Å². The zero-order chi connectivity index (χ0) is 20.8. The van der Waals surface area contributed by atoms with Gasteiger partial charge in [-0.3, -0.25) is 9.69 Å². The number of rotatable bonds is 7. The second-order valence-electron chi connectivity index (χ2n) is 7.38. The number of ether oxygens (including phenoxy) is 1. The molecule has 1 fully saturated rings. The summed E-state index contributed by atoms with van der Waals surface area (Å²) in [4.78, 5) is 21.8. The summed E-state index contributed by atoms with van der Waals surface area (Å²) in [6.07, 6.45) is 0.312. The third kappa shape index (κ3) is 5.14. The Balaban J connectivity index is 1.43. The molecule has 1 aliphatic heterocycles. The lowest BCUT2D eigenvalue weighted by atomic mass is 10.1. The van der Waals surface area contributed by atoms with Gasteiger partial charge in [0.15, 0.2) is 0 Å². The normalized spacial score (nSPS) is 14.6. The Bertz CT molecular complexity index is 967. The average Bonchev–Trinajstić information content (AvgIpc) is 3.24. The van der Waals surface area contributed by atoms with Gasteiger partial charge in [0.1, 0.15) is 5.01 Å². The monoisotopic (exact) mass is 421 g/mol. The number of morpholine rings is 1. The second kappa shape index (κ2) is 9.98. The van der Waals surface area contributed by atoms with Crippen molar-refractivity contribution >= 4 is 22.9 Å². The number of carbonyl (C=O) groups is 1. The highest BCUT2D eigenvalue weighted by Crippen LogP contribution is 2.26. The molecule has 1 aromatic heterocycles. The van der Waals surface area contributed by atoms with E-state index in [9.17, 15) is 4.79 Å². The van der Waals surface area contributed by atoms with Gasteiger partial charge in [-0.25, -0.2) is 4.98 Å². The molecule has 0 unspecified atom stereocenters. The van der Waals surface area contributed by atoms with Crippen molar-refractivity contribution < 1.29 is 9.53 Å². The number of para-hydroxylation sites is 1. The van der Waals surface area contributed by atoms with E-state index in [0.29, 0.717) is 13.0 Å². The van der Waals surface area contributed by atoms with Gasteiger partial charge in [-0.15, -0.1) is 11.3 Å². The number of thiazole rings is 1. The van der Waals surface area contributed by atoms with Crippen molar-refractivity contribution in [1.82, 2.24) is 9.88 Å². The number of likely N-dealkylation sites (N-methyl/N-ethyl adjacent to an activating group) is 1. The van der Waals surface area contributed by atoms with Crippen molar-refractivity contribution in [3.05, 3.63) is 71.2 Å². The summed E-state index contributed by atoms with van der Waals surface area (Å²) < 4.78 is 5.44. The van der Waals surface area contributed by atoms with Gasteiger partial charge in [0, 0.05) is 42.8 Å². The van der Waals surface area contributed by atoms with Crippen molar-refractivity contribution in [2.24, 2.45) is 0 Å². The first-order valence-corrected chi connectivity index (χ1v) is 11.3. The standard InChI is InChI=1S/C24H27N3O2S/c1-2-27(22-9-4-3-5-10-22)23(28)16-21-18-30-24(25-21)20-8-6-7-19(15-20)17-26-11-13-29-14-12-26/h3-10,15,18H,2,11-14,16-17H2,1H3. The van der Waals surface area contributed by atoms with E-state index in [4.69, 9.17) is 9.72 Å². The maximum absolute atomic E-state index is 12.8. The first-order chi connectivity index (χ1) is 14.7. The summed E-state index contributed by atoms with van der Waals surface area (Å²) in [5.41, 5.74) is 4.15. The summed E-state index contributed by atoms with van der Waals surface area (Å²) in [5.74, 6) is 0.0709. The minimum atomic E-state index is 0.0709. The number of amides is 1. The molecular formula is C24H27N3O2S. The van der Waals surface area contributed by atoms with Gasteiger partial charge >= 0.3 is 0 Å². The Morgan fingerprint density at radius 3 is 2.70 bits per heavy atom. The molecule has 0 saturated carbocycles. The Hall–Kier alpha value is -2.54. The van der Waals surface area contributed by atoms with Gasteiger partial charge in [0.05, 0.1) is 25.3 Å². The van der Waals surface area contributed by atoms with Crippen molar-refractivity contribution in [1.29, 1.82) is 0 Å². The van der Waals surface area contributed by atoms with E-state index in [-0.39, 0.29) is 5.91 Å².